The maximum absolute atomic E-state index is 12.7. The molecule has 0 fully saturated rings. The number of carbonyl (C=O) groups is 1. The normalized spacial score (nSPS) is 11.1. The van der Waals surface area contributed by atoms with Gasteiger partial charge in [-0.2, -0.15) is 0 Å². The molecule has 0 saturated carbocycles. The number of hydrogen-bond acceptors (Lipinski definition) is 4. The first kappa shape index (κ1) is 19.0. The predicted octanol–water partition coefficient (Wildman–Crippen LogP) is 1.70. The molecule has 25 heavy (non-hydrogen) atoms. The fraction of sp³-hybridized carbons (Fsp3) is 0.278. The SMILES string of the molecule is CS(=O)(=O)Nc1ccc(C(=O)N(CCN)CCc2ccccc2)cc1. The second-order valence-electron chi connectivity index (χ2n) is 5.77. The lowest BCUT2D eigenvalue weighted by Gasteiger charge is -2.22. The third-order valence-electron chi connectivity index (χ3n) is 3.63. The lowest BCUT2D eigenvalue weighted by atomic mass is 10.1. The van der Waals surface area contributed by atoms with E-state index in [1.54, 1.807) is 29.2 Å². The van der Waals surface area contributed by atoms with Crippen LogP contribution in [0.5, 0.6) is 0 Å². The molecule has 6 nitrogen and oxygen atoms in total. The Labute approximate surface area is 148 Å². The number of anilines is 1. The lowest BCUT2D eigenvalue weighted by Crippen LogP contribution is -2.36. The number of amides is 1. The molecule has 134 valence electrons. The van der Waals surface area contributed by atoms with Crippen molar-refractivity contribution in [3.8, 4) is 0 Å². The molecule has 2 aromatic rings. The summed E-state index contributed by atoms with van der Waals surface area (Å²) in [6.45, 7) is 1.42. The van der Waals surface area contributed by atoms with Gasteiger partial charge in [0.05, 0.1) is 6.26 Å². The van der Waals surface area contributed by atoms with Crippen molar-refractivity contribution in [2.75, 3.05) is 30.6 Å². The van der Waals surface area contributed by atoms with E-state index in [4.69, 9.17) is 5.73 Å². The predicted molar refractivity (Wildman–Crippen MR) is 100 cm³/mol. The number of nitrogens with one attached hydrogen (secondary N) is 1. The smallest absolute Gasteiger partial charge is 0.253 e. The molecule has 0 aliphatic carbocycles. The molecule has 0 heterocycles. The van der Waals surface area contributed by atoms with Gasteiger partial charge < -0.3 is 10.6 Å². The van der Waals surface area contributed by atoms with Gasteiger partial charge in [-0.1, -0.05) is 30.3 Å². The molecule has 1 amide bonds. The van der Waals surface area contributed by atoms with E-state index in [1.807, 2.05) is 30.3 Å². The van der Waals surface area contributed by atoms with Crippen LogP contribution in [0.3, 0.4) is 0 Å². The van der Waals surface area contributed by atoms with Crippen molar-refractivity contribution in [3.05, 3.63) is 65.7 Å². The molecular weight excluding hydrogens is 338 g/mol. The van der Waals surface area contributed by atoms with E-state index in [9.17, 15) is 13.2 Å². The molecule has 0 aliphatic rings. The van der Waals surface area contributed by atoms with Crippen LogP contribution in [0.15, 0.2) is 54.6 Å². The van der Waals surface area contributed by atoms with Crippen molar-refractivity contribution in [2.45, 2.75) is 6.42 Å². The van der Waals surface area contributed by atoms with E-state index in [1.165, 1.54) is 0 Å². The van der Waals surface area contributed by atoms with Gasteiger partial charge in [-0.05, 0) is 36.2 Å². The highest BCUT2D eigenvalue weighted by atomic mass is 32.2. The Bertz CT molecular complexity index is 790. The summed E-state index contributed by atoms with van der Waals surface area (Å²) >= 11 is 0. The number of nitrogens with two attached hydrogens (primary N) is 1. The Morgan fingerprint density at radius 3 is 2.24 bits per heavy atom. The first-order valence-corrected chi connectivity index (χ1v) is 9.89. The van der Waals surface area contributed by atoms with Gasteiger partial charge in [-0.15, -0.1) is 0 Å². The summed E-state index contributed by atoms with van der Waals surface area (Å²) in [5, 5.41) is 0. The largest absolute Gasteiger partial charge is 0.337 e. The van der Waals surface area contributed by atoms with Crippen molar-refractivity contribution in [1.82, 2.24) is 4.90 Å². The molecule has 0 bridgehead atoms. The zero-order chi connectivity index (χ0) is 18.3. The Balaban J connectivity index is 2.05. The third kappa shape index (κ3) is 6.21. The van der Waals surface area contributed by atoms with Crippen LogP contribution in [0, 0.1) is 0 Å². The van der Waals surface area contributed by atoms with Crippen LogP contribution in [-0.4, -0.2) is 45.1 Å². The quantitative estimate of drug-likeness (QED) is 0.748. The molecule has 0 aliphatic heterocycles. The minimum atomic E-state index is -3.34. The number of carbonyl (C=O) groups excluding carboxylic acids is 1. The number of sulfonamides is 1. The lowest BCUT2D eigenvalue weighted by molar-refractivity contribution is 0.0762. The Kier molecular flexibility index (Phi) is 6.55. The highest BCUT2D eigenvalue weighted by molar-refractivity contribution is 7.92. The van der Waals surface area contributed by atoms with Gasteiger partial charge in [0.15, 0.2) is 0 Å². The summed E-state index contributed by atoms with van der Waals surface area (Å²) in [7, 11) is -3.34. The van der Waals surface area contributed by atoms with E-state index >= 15 is 0 Å². The monoisotopic (exact) mass is 361 g/mol. The van der Waals surface area contributed by atoms with Crippen LogP contribution in [-0.2, 0) is 16.4 Å². The zero-order valence-corrected chi connectivity index (χ0v) is 15.0. The molecule has 0 aromatic heterocycles. The van der Waals surface area contributed by atoms with E-state index in [2.05, 4.69) is 4.72 Å². The van der Waals surface area contributed by atoms with E-state index in [-0.39, 0.29) is 5.91 Å². The Morgan fingerprint density at radius 1 is 1.04 bits per heavy atom. The van der Waals surface area contributed by atoms with E-state index < -0.39 is 10.0 Å². The Hall–Kier alpha value is -2.38. The molecule has 0 radical (unpaired) electrons. The second kappa shape index (κ2) is 8.64. The van der Waals surface area contributed by atoms with Gasteiger partial charge in [0, 0.05) is 30.9 Å². The van der Waals surface area contributed by atoms with Gasteiger partial charge in [0.1, 0.15) is 0 Å². The first-order valence-electron chi connectivity index (χ1n) is 8.00. The average Bonchev–Trinajstić information content (AvgIpc) is 2.58. The van der Waals surface area contributed by atoms with Gasteiger partial charge >= 0.3 is 0 Å². The van der Waals surface area contributed by atoms with Gasteiger partial charge in [0.2, 0.25) is 10.0 Å². The van der Waals surface area contributed by atoms with Gasteiger partial charge in [0.25, 0.3) is 5.91 Å². The maximum Gasteiger partial charge on any atom is 0.253 e. The minimum absolute atomic E-state index is 0.118. The van der Waals surface area contributed by atoms with Crippen molar-refractivity contribution in [2.24, 2.45) is 5.73 Å². The standard InChI is InChI=1S/C18H23N3O3S/c1-25(23,24)20-17-9-7-16(8-10-17)18(22)21(14-12-19)13-11-15-5-3-2-4-6-15/h2-10,20H,11-14,19H2,1H3. The minimum Gasteiger partial charge on any atom is -0.337 e. The molecule has 0 unspecified atom stereocenters. The van der Waals surface area contributed by atoms with Crippen LogP contribution < -0.4 is 10.5 Å². The van der Waals surface area contributed by atoms with Crippen LogP contribution in [0.2, 0.25) is 0 Å². The van der Waals surface area contributed by atoms with E-state index in [0.717, 1.165) is 18.2 Å². The topological polar surface area (TPSA) is 92.5 Å². The van der Waals surface area contributed by atoms with Gasteiger partial charge in [-0.25, -0.2) is 8.42 Å². The number of nitrogens with zero attached hydrogens (tertiary/aromatic N) is 1. The van der Waals surface area contributed by atoms with Crippen molar-refractivity contribution in [3.63, 3.8) is 0 Å². The second-order valence-corrected chi connectivity index (χ2v) is 7.52. The molecular formula is C18H23N3O3S. The third-order valence-corrected chi connectivity index (χ3v) is 4.24. The first-order chi connectivity index (χ1) is 11.9. The molecule has 3 N–H and O–H groups in total. The highest BCUT2D eigenvalue weighted by Crippen LogP contribution is 2.13. The number of benzene rings is 2. The van der Waals surface area contributed by atoms with Crippen LogP contribution >= 0.6 is 0 Å². The van der Waals surface area contributed by atoms with Crippen molar-refractivity contribution >= 4 is 21.6 Å². The van der Waals surface area contributed by atoms with Crippen LogP contribution in [0.1, 0.15) is 15.9 Å². The molecule has 2 aromatic carbocycles. The van der Waals surface area contributed by atoms with Crippen molar-refractivity contribution < 1.29 is 13.2 Å². The highest BCUT2D eigenvalue weighted by Gasteiger charge is 2.15. The number of hydrogen-bond donors (Lipinski definition) is 2. The molecule has 2 rings (SSSR count). The van der Waals surface area contributed by atoms with Crippen LogP contribution in [0.25, 0.3) is 0 Å². The summed E-state index contributed by atoms with van der Waals surface area (Å²) in [5.41, 5.74) is 7.72. The molecule has 7 heteroatoms. The van der Waals surface area contributed by atoms with Crippen molar-refractivity contribution in [1.29, 1.82) is 0 Å². The Morgan fingerprint density at radius 2 is 1.68 bits per heavy atom. The summed E-state index contributed by atoms with van der Waals surface area (Å²) in [6, 6.07) is 16.3. The van der Waals surface area contributed by atoms with E-state index in [0.29, 0.717) is 30.9 Å². The number of rotatable bonds is 8. The zero-order valence-electron chi connectivity index (χ0n) is 14.2. The summed E-state index contributed by atoms with van der Waals surface area (Å²) in [5.74, 6) is -0.118. The summed E-state index contributed by atoms with van der Waals surface area (Å²) in [6.07, 6.45) is 1.83. The fourth-order valence-electron chi connectivity index (χ4n) is 2.46. The fourth-order valence-corrected chi connectivity index (χ4v) is 3.02. The average molecular weight is 361 g/mol. The molecule has 0 saturated heterocycles. The molecule has 0 atom stereocenters. The molecule has 0 spiro atoms. The van der Waals surface area contributed by atoms with Crippen LogP contribution in [0.4, 0.5) is 5.69 Å². The summed E-state index contributed by atoms with van der Waals surface area (Å²) in [4.78, 5) is 14.4. The summed E-state index contributed by atoms with van der Waals surface area (Å²) < 4.78 is 24.8. The van der Waals surface area contributed by atoms with Gasteiger partial charge in [-0.3, -0.25) is 9.52 Å². The maximum atomic E-state index is 12.7.